The average Bonchev–Trinajstić information content (AvgIpc) is 2.45. The van der Waals surface area contributed by atoms with Crippen molar-refractivity contribution in [2.45, 2.75) is 39.2 Å². The van der Waals surface area contributed by atoms with Crippen LogP contribution in [0, 0.1) is 0 Å². The van der Waals surface area contributed by atoms with Crippen LogP contribution >= 0.6 is 11.6 Å². The van der Waals surface area contributed by atoms with Gasteiger partial charge in [-0.05, 0) is 38.1 Å². The van der Waals surface area contributed by atoms with Crippen molar-refractivity contribution in [2.24, 2.45) is 0 Å². The quantitative estimate of drug-likeness (QED) is 0.708. The second-order valence-corrected chi connectivity index (χ2v) is 5.37. The van der Waals surface area contributed by atoms with Crippen LogP contribution in [-0.4, -0.2) is 30.9 Å². The largest absolute Gasteiger partial charge is 0.338 e. The molecule has 0 spiro atoms. The van der Waals surface area contributed by atoms with Crippen molar-refractivity contribution in [1.82, 2.24) is 10.2 Å². The highest BCUT2D eigenvalue weighted by atomic mass is 35.5. The standard InChI is InChI=1S/C16H25ClN2O/c1-3-4-12-19(16(20)10-7-11-18-2)13-14-8-5-6-9-15(14)17/h5-6,8-9,18H,3-4,7,10-13H2,1-2H3. The molecule has 1 aromatic rings. The summed E-state index contributed by atoms with van der Waals surface area (Å²) in [5.74, 6) is 0.216. The van der Waals surface area contributed by atoms with Gasteiger partial charge >= 0.3 is 0 Å². The van der Waals surface area contributed by atoms with Gasteiger partial charge < -0.3 is 10.2 Å². The highest BCUT2D eigenvalue weighted by Gasteiger charge is 2.14. The van der Waals surface area contributed by atoms with Crippen molar-refractivity contribution in [2.75, 3.05) is 20.1 Å². The molecule has 0 fully saturated rings. The van der Waals surface area contributed by atoms with E-state index in [0.29, 0.717) is 13.0 Å². The molecule has 1 N–H and O–H groups in total. The molecule has 1 amide bonds. The molecule has 3 nitrogen and oxygen atoms in total. The number of carbonyl (C=O) groups is 1. The van der Waals surface area contributed by atoms with Crippen LogP contribution in [0.1, 0.15) is 38.2 Å². The lowest BCUT2D eigenvalue weighted by atomic mass is 10.1. The number of amides is 1. The maximum absolute atomic E-state index is 12.3. The molecule has 0 aliphatic rings. The Hall–Kier alpha value is -1.06. The van der Waals surface area contributed by atoms with Crippen LogP contribution in [-0.2, 0) is 11.3 Å². The van der Waals surface area contributed by atoms with E-state index >= 15 is 0 Å². The summed E-state index contributed by atoms with van der Waals surface area (Å²) in [5.41, 5.74) is 1.02. The zero-order chi connectivity index (χ0) is 14.8. The molecule has 0 aliphatic heterocycles. The van der Waals surface area contributed by atoms with E-state index in [-0.39, 0.29) is 5.91 Å². The maximum atomic E-state index is 12.3. The third-order valence-electron chi connectivity index (χ3n) is 3.27. The highest BCUT2D eigenvalue weighted by molar-refractivity contribution is 6.31. The molecule has 1 aromatic carbocycles. The molecule has 20 heavy (non-hydrogen) atoms. The third-order valence-corrected chi connectivity index (χ3v) is 3.64. The summed E-state index contributed by atoms with van der Waals surface area (Å²) >= 11 is 6.19. The monoisotopic (exact) mass is 296 g/mol. The Morgan fingerprint density at radius 1 is 1.30 bits per heavy atom. The third kappa shape index (κ3) is 5.93. The highest BCUT2D eigenvalue weighted by Crippen LogP contribution is 2.18. The van der Waals surface area contributed by atoms with Crippen molar-refractivity contribution in [3.05, 3.63) is 34.9 Å². The van der Waals surface area contributed by atoms with E-state index < -0.39 is 0 Å². The van der Waals surface area contributed by atoms with Gasteiger partial charge in [-0.2, -0.15) is 0 Å². The van der Waals surface area contributed by atoms with Gasteiger partial charge in [0.25, 0.3) is 0 Å². The van der Waals surface area contributed by atoms with Gasteiger partial charge in [0.15, 0.2) is 0 Å². The Bertz CT molecular complexity index is 409. The Labute approximate surface area is 127 Å². The second kappa shape index (κ2) is 9.78. The van der Waals surface area contributed by atoms with E-state index in [4.69, 9.17) is 11.6 Å². The summed E-state index contributed by atoms with van der Waals surface area (Å²) < 4.78 is 0. The minimum Gasteiger partial charge on any atom is -0.338 e. The van der Waals surface area contributed by atoms with Crippen LogP contribution in [0.3, 0.4) is 0 Å². The summed E-state index contributed by atoms with van der Waals surface area (Å²) in [7, 11) is 1.91. The topological polar surface area (TPSA) is 32.3 Å². The smallest absolute Gasteiger partial charge is 0.222 e. The molecule has 0 saturated heterocycles. The number of unbranched alkanes of at least 4 members (excludes halogenated alkanes) is 1. The molecule has 0 radical (unpaired) electrons. The number of carbonyl (C=O) groups excluding carboxylic acids is 1. The first-order valence-corrected chi connectivity index (χ1v) is 7.72. The molecule has 0 aliphatic carbocycles. The van der Waals surface area contributed by atoms with Gasteiger partial charge in [-0.15, -0.1) is 0 Å². The summed E-state index contributed by atoms with van der Waals surface area (Å²) in [5, 5.41) is 3.81. The minimum atomic E-state index is 0.216. The van der Waals surface area contributed by atoms with Gasteiger partial charge in [-0.3, -0.25) is 4.79 Å². The molecule has 0 aromatic heterocycles. The Balaban J connectivity index is 2.63. The average molecular weight is 297 g/mol. The molecule has 112 valence electrons. The first-order valence-electron chi connectivity index (χ1n) is 7.34. The predicted molar refractivity (Wildman–Crippen MR) is 84.9 cm³/mol. The molecule has 4 heteroatoms. The number of rotatable bonds is 9. The van der Waals surface area contributed by atoms with Crippen molar-refractivity contribution in [3.8, 4) is 0 Å². The zero-order valence-electron chi connectivity index (χ0n) is 12.5. The fraction of sp³-hybridized carbons (Fsp3) is 0.562. The lowest BCUT2D eigenvalue weighted by Gasteiger charge is -2.23. The summed E-state index contributed by atoms with van der Waals surface area (Å²) in [6.45, 7) is 4.43. The Morgan fingerprint density at radius 3 is 2.70 bits per heavy atom. The van der Waals surface area contributed by atoms with Crippen molar-refractivity contribution < 1.29 is 4.79 Å². The van der Waals surface area contributed by atoms with Crippen LogP contribution < -0.4 is 5.32 Å². The summed E-state index contributed by atoms with van der Waals surface area (Å²) in [6.07, 6.45) is 3.58. The van der Waals surface area contributed by atoms with E-state index in [9.17, 15) is 4.79 Å². The fourth-order valence-electron chi connectivity index (χ4n) is 2.05. The van der Waals surface area contributed by atoms with Gasteiger partial charge in [-0.1, -0.05) is 43.1 Å². The van der Waals surface area contributed by atoms with Gasteiger partial charge in [0.2, 0.25) is 5.91 Å². The van der Waals surface area contributed by atoms with E-state index in [0.717, 1.165) is 42.9 Å². The molecular formula is C16H25ClN2O. The summed E-state index contributed by atoms with van der Waals surface area (Å²) in [6, 6.07) is 7.74. The minimum absolute atomic E-state index is 0.216. The summed E-state index contributed by atoms with van der Waals surface area (Å²) in [4.78, 5) is 14.2. The number of halogens is 1. The molecular weight excluding hydrogens is 272 g/mol. The molecule has 0 unspecified atom stereocenters. The SMILES string of the molecule is CCCCN(Cc1ccccc1Cl)C(=O)CCCNC. The first-order chi connectivity index (χ1) is 9.69. The number of benzene rings is 1. The maximum Gasteiger partial charge on any atom is 0.222 e. The van der Waals surface area contributed by atoms with E-state index in [1.807, 2.05) is 36.2 Å². The van der Waals surface area contributed by atoms with Crippen LogP contribution in [0.25, 0.3) is 0 Å². The van der Waals surface area contributed by atoms with Crippen molar-refractivity contribution in [1.29, 1.82) is 0 Å². The molecule has 0 atom stereocenters. The number of hydrogen-bond donors (Lipinski definition) is 1. The number of nitrogens with one attached hydrogen (secondary N) is 1. The lowest BCUT2D eigenvalue weighted by Crippen LogP contribution is -2.32. The number of nitrogens with zero attached hydrogens (tertiary/aromatic N) is 1. The Kier molecular flexibility index (Phi) is 8.31. The van der Waals surface area contributed by atoms with E-state index in [1.165, 1.54) is 0 Å². The molecule has 0 heterocycles. The van der Waals surface area contributed by atoms with Gasteiger partial charge in [0, 0.05) is 24.5 Å². The van der Waals surface area contributed by atoms with E-state index in [1.54, 1.807) is 0 Å². The van der Waals surface area contributed by atoms with Crippen LogP contribution in [0.2, 0.25) is 5.02 Å². The van der Waals surface area contributed by atoms with Crippen molar-refractivity contribution >= 4 is 17.5 Å². The van der Waals surface area contributed by atoms with Crippen LogP contribution in [0.4, 0.5) is 0 Å². The zero-order valence-corrected chi connectivity index (χ0v) is 13.2. The van der Waals surface area contributed by atoms with Crippen molar-refractivity contribution in [3.63, 3.8) is 0 Å². The fourth-order valence-corrected chi connectivity index (χ4v) is 2.24. The Morgan fingerprint density at radius 2 is 2.05 bits per heavy atom. The number of hydrogen-bond acceptors (Lipinski definition) is 2. The first kappa shape index (κ1) is 17.0. The van der Waals surface area contributed by atoms with Crippen LogP contribution in [0.15, 0.2) is 24.3 Å². The normalized spacial score (nSPS) is 10.6. The van der Waals surface area contributed by atoms with E-state index in [2.05, 4.69) is 12.2 Å². The van der Waals surface area contributed by atoms with Crippen LogP contribution in [0.5, 0.6) is 0 Å². The lowest BCUT2D eigenvalue weighted by molar-refractivity contribution is -0.132. The molecule has 0 bridgehead atoms. The van der Waals surface area contributed by atoms with Gasteiger partial charge in [0.05, 0.1) is 0 Å². The van der Waals surface area contributed by atoms with Gasteiger partial charge in [-0.25, -0.2) is 0 Å². The second-order valence-electron chi connectivity index (χ2n) is 4.97. The predicted octanol–water partition coefficient (Wildman–Crippen LogP) is 3.47. The molecule has 0 saturated carbocycles. The van der Waals surface area contributed by atoms with Gasteiger partial charge in [0.1, 0.15) is 0 Å². The molecule has 1 rings (SSSR count).